The number of carbonyl (C=O) groups is 3. The molecule has 0 aliphatic carbocycles. The molecule has 1 fully saturated rings. The fourth-order valence-corrected chi connectivity index (χ4v) is 3.55. The van der Waals surface area contributed by atoms with E-state index in [1.165, 1.54) is 4.90 Å². The van der Waals surface area contributed by atoms with Gasteiger partial charge in [0, 0.05) is 5.69 Å². The van der Waals surface area contributed by atoms with Crippen molar-refractivity contribution in [2.75, 3.05) is 11.9 Å². The van der Waals surface area contributed by atoms with Crippen molar-refractivity contribution in [3.05, 3.63) is 65.7 Å². The number of nitrogens with zero attached hydrogens (tertiary/aromatic N) is 1. The molecule has 146 valence electrons. The van der Waals surface area contributed by atoms with E-state index in [9.17, 15) is 19.5 Å². The molecule has 2 atom stereocenters. The van der Waals surface area contributed by atoms with Crippen LogP contribution in [0, 0.1) is 6.92 Å². The Labute approximate surface area is 163 Å². The van der Waals surface area contributed by atoms with E-state index in [-0.39, 0.29) is 12.6 Å². The standard InChI is InChI=1S/C21H23N3O4/c1-14-6-5-9-16(12-14)23-21(28)22-13-19(25)24-17(10-11-18(24)20(26)27)15-7-3-2-4-8-15/h2-9,12,17-18H,10-11,13H2,1H3,(H,26,27)(H2,22,23,28)/t17-,18+/m1/s1. The number of hydrogen-bond donors (Lipinski definition) is 3. The smallest absolute Gasteiger partial charge is 0.326 e. The Kier molecular flexibility index (Phi) is 5.93. The number of rotatable bonds is 5. The summed E-state index contributed by atoms with van der Waals surface area (Å²) < 4.78 is 0. The van der Waals surface area contributed by atoms with E-state index < -0.39 is 23.9 Å². The van der Waals surface area contributed by atoms with Gasteiger partial charge in [0.2, 0.25) is 5.91 Å². The molecule has 7 heteroatoms. The van der Waals surface area contributed by atoms with Gasteiger partial charge in [-0.1, -0.05) is 42.5 Å². The number of urea groups is 1. The van der Waals surface area contributed by atoms with Crippen LogP contribution in [-0.2, 0) is 9.59 Å². The molecule has 1 heterocycles. The number of amides is 3. The van der Waals surface area contributed by atoms with E-state index in [1.807, 2.05) is 55.5 Å². The lowest BCUT2D eigenvalue weighted by molar-refractivity contribution is -0.149. The summed E-state index contributed by atoms with van der Waals surface area (Å²) in [5.41, 5.74) is 2.52. The van der Waals surface area contributed by atoms with Crippen LogP contribution in [0.1, 0.15) is 30.0 Å². The third-order valence-corrected chi connectivity index (χ3v) is 4.82. The first-order valence-corrected chi connectivity index (χ1v) is 9.16. The highest BCUT2D eigenvalue weighted by molar-refractivity contribution is 5.93. The largest absolute Gasteiger partial charge is 0.480 e. The second kappa shape index (κ2) is 8.56. The maximum Gasteiger partial charge on any atom is 0.326 e. The number of carbonyl (C=O) groups excluding carboxylic acids is 2. The van der Waals surface area contributed by atoms with Gasteiger partial charge in [0.15, 0.2) is 0 Å². The van der Waals surface area contributed by atoms with E-state index in [0.717, 1.165) is 11.1 Å². The van der Waals surface area contributed by atoms with E-state index in [4.69, 9.17) is 0 Å². The molecule has 3 N–H and O–H groups in total. The maximum absolute atomic E-state index is 12.8. The molecule has 7 nitrogen and oxygen atoms in total. The van der Waals surface area contributed by atoms with E-state index >= 15 is 0 Å². The highest BCUT2D eigenvalue weighted by atomic mass is 16.4. The Morgan fingerprint density at radius 1 is 1.07 bits per heavy atom. The average Bonchev–Trinajstić information content (AvgIpc) is 3.12. The summed E-state index contributed by atoms with van der Waals surface area (Å²) in [5, 5.41) is 14.7. The number of hydrogen-bond acceptors (Lipinski definition) is 3. The van der Waals surface area contributed by atoms with Crippen LogP contribution < -0.4 is 10.6 Å². The monoisotopic (exact) mass is 381 g/mol. The van der Waals surface area contributed by atoms with Crippen LogP contribution in [0.4, 0.5) is 10.5 Å². The summed E-state index contributed by atoms with van der Waals surface area (Å²) in [4.78, 5) is 37.9. The lowest BCUT2D eigenvalue weighted by Crippen LogP contribution is -2.47. The molecular formula is C21H23N3O4. The Morgan fingerprint density at radius 2 is 1.82 bits per heavy atom. The molecule has 0 bridgehead atoms. The zero-order valence-corrected chi connectivity index (χ0v) is 15.6. The van der Waals surface area contributed by atoms with Gasteiger partial charge in [-0.25, -0.2) is 9.59 Å². The summed E-state index contributed by atoms with van der Waals surface area (Å²) in [6.07, 6.45) is 0.957. The fourth-order valence-electron chi connectivity index (χ4n) is 3.55. The molecule has 1 aliphatic rings. The highest BCUT2D eigenvalue weighted by Gasteiger charge is 2.41. The van der Waals surface area contributed by atoms with Gasteiger partial charge in [-0.2, -0.15) is 0 Å². The molecule has 1 saturated heterocycles. The third kappa shape index (κ3) is 4.49. The third-order valence-electron chi connectivity index (χ3n) is 4.82. The van der Waals surface area contributed by atoms with Crippen LogP contribution in [0.2, 0.25) is 0 Å². The summed E-state index contributed by atoms with van der Waals surface area (Å²) in [5.74, 6) is -1.45. The summed E-state index contributed by atoms with van der Waals surface area (Å²) in [6, 6.07) is 14.9. The molecule has 3 rings (SSSR count). The van der Waals surface area contributed by atoms with Crippen molar-refractivity contribution in [2.24, 2.45) is 0 Å². The zero-order chi connectivity index (χ0) is 20.1. The molecular weight excluding hydrogens is 358 g/mol. The Balaban J connectivity index is 1.66. The number of nitrogens with one attached hydrogen (secondary N) is 2. The minimum absolute atomic E-state index is 0.273. The number of carboxylic acids is 1. The molecule has 3 amide bonds. The summed E-state index contributed by atoms with van der Waals surface area (Å²) >= 11 is 0. The SMILES string of the molecule is Cc1cccc(NC(=O)NCC(=O)N2[C@@H](c3ccccc3)CC[C@H]2C(=O)O)c1. The molecule has 2 aromatic rings. The van der Waals surface area contributed by atoms with Crippen molar-refractivity contribution in [3.8, 4) is 0 Å². The lowest BCUT2D eigenvalue weighted by Gasteiger charge is -2.28. The van der Waals surface area contributed by atoms with Gasteiger partial charge in [-0.05, 0) is 43.0 Å². The Bertz CT molecular complexity index is 869. The summed E-state index contributed by atoms with van der Waals surface area (Å²) in [7, 11) is 0. The molecule has 0 radical (unpaired) electrons. The second-order valence-electron chi connectivity index (χ2n) is 6.84. The Morgan fingerprint density at radius 3 is 2.50 bits per heavy atom. The van der Waals surface area contributed by atoms with Gasteiger partial charge >= 0.3 is 12.0 Å². The highest BCUT2D eigenvalue weighted by Crippen LogP contribution is 2.36. The first-order valence-electron chi connectivity index (χ1n) is 9.16. The predicted molar refractivity (Wildman–Crippen MR) is 105 cm³/mol. The number of aliphatic carboxylic acids is 1. The number of likely N-dealkylation sites (tertiary alicyclic amines) is 1. The van der Waals surface area contributed by atoms with Crippen LogP contribution in [0.3, 0.4) is 0 Å². The fraction of sp³-hybridized carbons (Fsp3) is 0.286. The topological polar surface area (TPSA) is 98.7 Å². The molecule has 0 unspecified atom stereocenters. The number of carboxylic acid groups (broad SMARTS) is 1. The minimum Gasteiger partial charge on any atom is -0.480 e. The minimum atomic E-state index is -1.03. The normalized spacial score (nSPS) is 18.5. The van der Waals surface area contributed by atoms with Crippen molar-refractivity contribution in [1.82, 2.24) is 10.2 Å². The zero-order valence-electron chi connectivity index (χ0n) is 15.6. The molecule has 28 heavy (non-hydrogen) atoms. The second-order valence-corrected chi connectivity index (χ2v) is 6.84. The van der Waals surface area contributed by atoms with Crippen molar-refractivity contribution in [2.45, 2.75) is 31.8 Å². The van der Waals surface area contributed by atoms with Gasteiger partial charge in [-0.3, -0.25) is 4.79 Å². The average molecular weight is 381 g/mol. The van der Waals surface area contributed by atoms with Crippen LogP contribution in [0.15, 0.2) is 54.6 Å². The van der Waals surface area contributed by atoms with Crippen LogP contribution in [0.5, 0.6) is 0 Å². The Hall–Kier alpha value is -3.35. The van der Waals surface area contributed by atoms with Crippen molar-refractivity contribution < 1.29 is 19.5 Å². The van der Waals surface area contributed by atoms with Crippen LogP contribution >= 0.6 is 0 Å². The van der Waals surface area contributed by atoms with E-state index in [1.54, 1.807) is 6.07 Å². The number of benzene rings is 2. The first-order chi connectivity index (χ1) is 13.5. The first kappa shape index (κ1) is 19.4. The van der Waals surface area contributed by atoms with Crippen molar-refractivity contribution >= 4 is 23.6 Å². The quantitative estimate of drug-likeness (QED) is 0.742. The van der Waals surface area contributed by atoms with E-state index in [0.29, 0.717) is 18.5 Å². The van der Waals surface area contributed by atoms with Gasteiger partial charge in [0.1, 0.15) is 6.04 Å². The van der Waals surface area contributed by atoms with Crippen LogP contribution in [-0.4, -0.2) is 40.5 Å². The van der Waals surface area contributed by atoms with Crippen LogP contribution in [0.25, 0.3) is 0 Å². The van der Waals surface area contributed by atoms with Gasteiger partial charge in [-0.15, -0.1) is 0 Å². The molecule has 1 aliphatic heterocycles. The number of anilines is 1. The van der Waals surface area contributed by atoms with Gasteiger partial charge in [0.25, 0.3) is 0 Å². The van der Waals surface area contributed by atoms with Crippen molar-refractivity contribution in [1.29, 1.82) is 0 Å². The molecule has 0 spiro atoms. The summed E-state index contributed by atoms with van der Waals surface area (Å²) in [6.45, 7) is 1.64. The molecule has 2 aromatic carbocycles. The molecule has 0 aromatic heterocycles. The van der Waals surface area contributed by atoms with Crippen molar-refractivity contribution in [3.63, 3.8) is 0 Å². The predicted octanol–water partition coefficient (Wildman–Crippen LogP) is 2.93. The number of aryl methyl sites for hydroxylation is 1. The van der Waals surface area contributed by atoms with E-state index in [2.05, 4.69) is 10.6 Å². The van der Waals surface area contributed by atoms with Gasteiger partial charge < -0.3 is 20.6 Å². The van der Waals surface area contributed by atoms with Gasteiger partial charge in [0.05, 0.1) is 12.6 Å². The lowest BCUT2D eigenvalue weighted by atomic mass is 10.0. The molecule has 0 saturated carbocycles. The maximum atomic E-state index is 12.8.